The zero-order valence-corrected chi connectivity index (χ0v) is 23.1. The van der Waals surface area contributed by atoms with E-state index in [0.717, 1.165) is 6.42 Å². The molecule has 0 aliphatic carbocycles. The fourth-order valence-electron chi connectivity index (χ4n) is 5.94. The van der Waals surface area contributed by atoms with Crippen molar-refractivity contribution < 1.29 is 19.5 Å². The third kappa shape index (κ3) is 4.37. The van der Waals surface area contributed by atoms with Crippen molar-refractivity contribution in [2.24, 2.45) is 11.8 Å². The van der Waals surface area contributed by atoms with Gasteiger partial charge in [0.25, 0.3) is 0 Å². The van der Waals surface area contributed by atoms with E-state index in [-0.39, 0.29) is 41.0 Å². The molecule has 3 saturated heterocycles. The third-order valence-corrected chi connectivity index (χ3v) is 10.4. The number of likely N-dealkylation sites (tertiary alicyclic amines) is 1. The Bertz CT molecular complexity index is 847. The molecule has 34 heavy (non-hydrogen) atoms. The molecule has 3 heterocycles. The summed E-state index contributed by atoms with van der Waals surface area (Å²) in [6.45, 7) is 16.8. The maximum absolute atomic E-state index is 14.1. The number of hydrogen-bond acceptors (Lipinski definition) is 5. The molecule has 7 nitrogen and oxygen atoms in total. The molecule has 3 rings (SSSR count). The van der Waals surface area contributed by atoms with E-state index in [0.29, 0.717) is 26.1 Å². The Morgan fingerprint density at radius 3 is 2.44 bits per heavy atom. The number of carbonyl (C=O) groups excluding carboxylic acids is 3. The van der Waals surface area contributed by atoms with Crippen LogP contribution in [0.25, 0.3) is 0 Å². The summed E-state index contributed by atoms with van der Waals surface area (Å²) in [5.74, 6) is -1.47. The van der Waals surface area contributed by atoms with Gasteiger partial charge >= 0.3 is 0 Å². The van der Waals surface area contributed by atoms with E-state index in [9.17, 15) is 19.5 Å². The van der Waals surface area contributed by atoms with Crippen LogP contribution >= 0.6 is 27.7 Å². The summed E-state index contributed by atoms with van der Waals surface area (Å²) in [6, 6.07) is -0.733. The summed E-state index contributed by atoms with van der Waals surface area (Å²) in [5.41, 5.74) is -0.472. The number of hydrogen-bond donors (Lipinski definition) is 1. The van der Waals surface area contributed by atoms with Crippen molar-refractivity contribution >= 4 is 45.4 Å². The lowest BCUT2D eigenvalue weighted by atomic mass is 9.70. The lowest BCUT2D eigenvalue weighted by molar-refractivity contribution is -0.146. The molecule has 0 aromatic heterocycles. The van der Waals surface area contributed by atoms with Crippen LogP contribution in [0.3, 0.4) is 0 Å². The van der Waals surface area contributed by atoms with E-state index in [1.165, 1.54) is 0 Å². The van der Waals surface area contributed by atoms with Crippen LogP contribution in [0.4, 0.5) is 0 Å². The highest BCUT2D eigenvalue weighted by Gasteiger charge is 2.76. The normalized spacial score (nSPS) is 32.0. The van der Waals surface area contributed by atoms with Crippen LogP contribution in [0.15, 0.2) is 25.3 Å². The van der Waals surface area contributed by atoms with Crippen LogP contribution < -0.4 is 0 Å². The predicted octanol–water partition coefficient (Wildman–Crippen LogP) is 2.68. The fourth-order valence-corrected chi connectivity index (χ4v) is 9.54. The van der Waals surface area contributed by atoms with Gasteiger partial charge in [0.15, 0.2) is 0 Å². The number of rotatable bonds is 10. The van der Waals surface area contributed by atoms with Crippen LogP contribution in [0.1, 0.15) is 40.5 Å². The molecular formula is C25H38BrN3O4S. The number of amides is 3. The van der Waals surface area contributed by atoms with E-state index >= 15 is 0 Å². The number of aliphatic hydroxyl groups is 1. The quantitative estimate of drug-likeness (QED) is 0.331. The van der Waals surface area contributed by atoms with E-state index in [1.54, 1.807) is 38.6 Å². The lowest BCUT2D eigenvalue weighted by Gasteiger charge is -2.42. The molecule has 1 spiro atoms. The summed E-state index contributed by atoms with van der Waals surface area (Å²) in [5, 5.41) is 9.71. The van der Waals surface area contributed by atoms with Crippen molar-refractivity contribution in [1.82, 2.24) is 14.7 Å². The second kappa shape index (κ2) is 10.3. The molecule has 0 saturated carbocycles. The van der Waals surface area contributed by atoms with Gasteiger partial charge in [0.05, 0.1) is 23.2 Å². The number of nitrogens with zero attached hydrogens (tertiary/aromatic N) is 3. The molecule has 2 bridgehead atoms. The standard InChI is InChI=1S/C25H38BrN3O4S/c1-7-10-27(11-8-2)21(31)17-18-22(32)28(13-14-30)20(25(18)15-16(26)19(17)34-25)23(33)29(12-9-3)24(4,5)6/h7,9,16-20,30H,1,3,8,10-15H2,2,4-6H3/t16?,17-,18-,19-,20?,25?/m0/s1. The van der Waals surface area contributed by atoms with Crippen molar-refractivity contribution in [3.8, 4) is 0 Å². The lowest BCUT2D eigenvalue weighted by Crippen LogP contribution is -2.59. The van der Waals surface area contributed by atoms with Crippen molar-refractivity contribution in [3.63, 3.8) is 0 Å². The molecule has 3 aliphatic heterocycles. The number of carbonyl (C=O) groups is 3. The van der Waals surface area contributed by atoms with Gasteiger partial charge in [-0.15, -0.1) is 24.9 Å². The summed E-state index contributed by atoms with van der Waals surface area (Å²) >= 11 is 5.42. The molecule has 0 aromatic rings. The second-order valence-corrected chi connectivity index (χ2v) is 13.1. The number of alkyl halides is 1. The van der Waals surface area contributed by atoms with E-state index in [1.807, 2.05) is 27.7 Å². The Morgan fingerprint density at radius 2 is 1.91 bits per heavy atom. The molecule has 0 aromatic carbocycles. The average Bonchev–Trinajstić information content (AvgIpc) is 3.34. The molecule has 3 aliphatic rings. The number of fused-ring (bicyclic) bond motifs is 1. The van der Waals surface area contributed by atoms with Crippen LogP contribution in [0.5, 0.6) is 0 Å². The first-order chi connectivity index (χ1) is 16.0. The van der Waals surface area contributed by atoms with Crippen molar-refractivity contribution in [3.05, 3.63) is 25.3 Å². The average molecular weight is 557 g/mol. The Kier molecular flexibility index (Phi) is 8.30. The Hall–Kier alpha value is -1.32. The molecule has 3 fully saturated rings. The van der Waals surface area contributed by atoms with Gasteiger partial charge < -0.3 is 19.8 Å². The molecular weight excluding hydrogens is 518 g/mol. The highest BCUT2D eigenvalue weighted by atomic mass is 79.9. The first kappa shape index (κ1) is 27.3. The van der Waals surface area contributed by atoms with Crippen LogP contribution in [0, 0.1) is 11.8 Å². The Morgan fingerprint density at radius 1 is 1.26 bits per heavy atom. The first-order valence-electron chi connectivity index (χ1n) is 12.0. The van der Waals surface area contributed by atoms with Crippen molar-refractivity contribution in [1.29, 1.82) is 0 Å². The van der Waals surface area contributed by atoms with Crippen molar-refractivity contribution in [2.45, 2.75) is 66.9 Å². The Balaban J connectivity index is 2.08. The summed E-state index contributed by atoms with van der Waals surface area (Å²) in [6.07, 6.45) is 4.85. The zero-order chi connectivity index (χ0) is 25.4. The fraction of sp³-hybridized carbons (Fsp3) is 0.720. The summed E-state index contributed by atoms with van der Waals surface area (Å²) in [4.78, 5) is 46.9. The second-order valence-electron chi connectivity index (χ2n) is 10.4. The molecule has 3 unspecified atom stereocenters. The van der Waals surface area contributed by atoms with Crippen LogP contribution in [-0.2, 0) is 14.4 Å². The van der Waals surface area contributed by atoms with Crippen LogP contribution in [-0.4, -0.2) is 96.7 Å². The van der Waals surface area contributed by atoms with Crippen molar-refractivity contribution in [2.75, 3.05) is 32.8 Å². The zero-order valence-electron chi connectivity index (χ0n) is 20.7. The number of aliphatic hydroxyl groups excluding tert-OH is 1. The highest BCUT2D eigenvalue weighted by molar-refractivity contribution is 9.09. The van der Waals surface area contributed by atoms with Gasteiger partial charge in [-0.3, -0.25) is 14.4 Å². The van der Waals surface area contributed by atoms with Gasteiger partial charge in [0.2, 0.25) is 17.7 Å². The Labute approximate surface area is 216 Å². The van der Waals surface area contributed by atoms with Gasteiger partial charge in [-0.05, 0) is 33.6 Å². The largest absolute Gasteiger partial charge is 0.395 e. The molecule has 0 radical (unpaired) electrons. The van der Waals surface area contributed by atoms with Crippen LogP contribution in [0.2, 0.25) is 0 Å². The number of halogens is 1. The minimum absolute atomic E-state index is 0.0228. The van der Waals surface area contributed by atoms with Gasteiger partial charge in [0.1, 0.15) is 6.04 Å². The summed E-state index contributed by atoms with van der Waals surface area (Å²) in [7, 11) is 0. The van der Waals surface area contributed by atoms with Gasteiger partial charge in [-0.25, -0.2) is 0 Å². The molecule has 190 valence electrons. The molecule has 3 amide bonds. The smallest absolute Gasteiger partial charge is 0.247 e. The maximum Gasteiger partial charge on any atom is 0.247 e. The third-order valence-electron chi connectivity index (χ3n) is 7.19. The monoisotopic (exact) mass is 555 g/mol. The van der Waals surface area contributed by atoms with Gasteiger partial charge in [0, 0.05) is 41.8 Å². The van der Waals surface area contributed by atoms with Gasteiger partial charge in [-0.1, -0.05) is 35.0 Å². The predicted molar refractivity (Wildman–Crippen MR) is 140 cm³/mol. The minimum atomic E-state index is -0.733. The molecule has 1 N–H and O–H groups in total. The summed E-state index contributed by atoms with van der Waals surface area (Å²) < 4.78 is -0.709. The highest BCUT2D eigenvalue weighted by Crippen LogP contribution is 2.68. The number of β-amino-alcohol motifs (C(OH)–C–C–N with tert-alkyl or cyclic N) is 1. The SMILES string of the molecule is C=CCN(CCC)C(=O)[C@H]1[C@H]2C(=O)N(CCO)C(C(=O)N(CC=C)C(C)(C)C)C23CC(Br)[C@@H]1S3. The molecule has 9 heteroatoms. The first-order valence-corrected chi connectivity index (χ1v) is 13.8. The molecule has 6 atom stereocenters. The number of thioether (sulfide) groups is 1. The topological polar surface area (TPSA) is 81.2 Å². The van der Waals surface area contributed by atoms with E-state index in [4.69, 9.17) is 0 Å². The van der Waals surface area contributed by atoms with Gasteiger partial charge in [-0.2, -0.15) is 0 Å². The van der Waals surface area contributed by atoms with E-state index in [2.05, 4.69) is 29.1 Å². The van der Waals surface area contributed by atoms with E-state index < -0.39 is 28.2 Å². The maximum atomic E-state index is 14.1. The minimum Gasteiger partial charge on any atom is -0.395 e.